The summed E-state index contributed by atoms with van der Waals surface area (Å²) in [6.07, 6.45) is -1.16. The fourth-order valence-corrected chi connectivity index (χ4v) is 7.05. The van der Waals surface area contributed by atoms with Gasteiger partial charge in [0.05, 0.1) is 46.0 Å². The number of nitrogens with one attached hydrogen (secondary N) is 1. The van der Waals surface area contributed by atoms with Gasteiger partial charge < -0.3 is 10.4 Å². The van der Waals surface area contributed by atoms with Gasteiger partial charge in [0.15, 0.2) is 9.84 Å². The molecule has 2 aliphatic rings. The number of alkyl halides is 3. The van der Waals surface area contributed by atoms with Gasteiger partial charge in [0.2, 0.25) is 0 Å². The Balaban J connectivity index is 1.48. The lowest BCUT2D eigenvalue weighted by Crippen LogP contribution is -2.46. The lowest BCUT2D eigenvalue weighted by atomic mass is 9.81. The summed E-state index contributed by atoms with van der Waals surface area (Å²) in [5, 5.41) is 13.1. The van der Waals surface area contributed by atoms with E-state index in [-0.39, 0.29) is 41.4 Å². The highest BCUT2D eigenvalue weighted by atomic mass is 32.2. The number of sulfone groups is 1. The maximum Gasteiger partial charge on any atom is 0.391 e. The number of aliphatic hydroxyl groups excluding tert-OH is 1. The normalized spacial score (nSPS) is 23.3. The van der Waals surface area contributed by atoms with E-state index in [1.807, 2.05) is 6.07 Å². The van der Waals surface area contributed by atoms with Gasteiger partial charge in [-0.1, -0.05) is 32.9 Å². The van der Waals surface area contributed by atoms with Crippen molar-refractivity contribution in [2.45, 2.75) is 82.6 Å². The number of pyridine rings is 1. The van der Waals surface area contributed by atoms with Gasteiger partial charge in [-0.05, 0) is 73.8 Å². The molecule has 1 aromatic heterocycles. The van der Waals surface area contributed by atoms with Crippen LogP contribution < -0.4 is 5.32 Å². The van der Waals surface area contributed by atoms with E-state index in [9.17, 15) is 31.5 Å². The quantitative estimate of drug-likeness (QED) is 0.403. The minimum atomic E-state index is -4.12. The minimum Gasteiger partial charge on any atom is -0.394 e. The van der Waals surface area contributed by atoms with Crippen LogP contribution in [0.3, 0.4) is 0 Å². The molecule has 2 aromatic rings. The molecule has 226 valence electrons. The largest absolute Gasteiger partial charge is 0.394 e. The van der Waals surface area contributed by atoms with Gasteiger partial charge in [0.1, 0.15) is 0 Å². The maximum atomic E-state index is 13.3. The summed E-state index contributed by atoms with van der Waals surface area (Å²) in [4.78, 5) is 20.5. The Morgan fingerprint density at radius 2 is 1.78 bits per heavy atom. The molecule has 1 unspecified atom stereocenters. The molecule has 4 rings (SSSR count). The molecule has 2 heterocycles. The molecule has 11 heteroatoms. The standard InChI is InChI=1S/C30H40F3N3O4S/c1-5-41(39,40)25-12-10-23(11-13-25)29(4,18-37)35-28(38)21-14-22-17-36(27(19(2)3)26(22)34-15-21)16-20-6-8-24(9-7-20)30(31,32)33/h10-15,19-20,24,27,37H,5-9,16-18H2,1-4H3,(H,35,38)/t20?,24?,27-,29?/m1/s1. The molecule has 1 saturated carbocycles. The van der Waals surface area contributed by atoms with Crippen molar-refractivity contribution in [3.05, 3.63) is 58.9 Å². The number of hydrogen-bond acceptors (Lipinski definition) is 6. The van der Waals surface area contributed by atoms with Crippen LogP contribution in [0.2, 0.25) is 0 Å². The third kappa shape index (κ3) is 6.78. The summed E-state index contributed by atoms with van der Waals surface area (Å²) in [6.45, 7) is 8.28. The van der Waals surface area contributed by atoms with Crippen LogP contribution in [-0.2, 0) is 21.9 Å². The summed E-state index contributed by atoms with van der Waals surface area (Å²) in [6, 6.07) is 7.95. The van der Waals surface area contributed by atoms with Gasteiger partial charge >= 0.3 is 6.18 Å². The van der Waals surface area contributed by atoms with E-state index in [0.717, 1.165) is 11.3 Å². The predicted octanol–water partition coefficient (Wildman–Crippen LogP) is 5.39. The number of aliphatic hydroxyl groups is 1. The second-order valence-electron chi connectivity index (χ2n) is 12.0. The van der Waals surface area contributed by atoms with Crippen LogP contribution in [0.15, 0.2) is 41.4 Å². The summed E-state index contributed by atoms with van der Waals surface area (Å²) in [5.41, 5.74) is 1.54. The Morgan fingerprint density at radius 1 is 1.15 bits per heavy atom. The van der Waals surface area contributed by atoms with Crippen molar-refractivity contribution < 1.29 is 31.5 Å². The predicted molar refractivity (Wildman–Crippen MR) is 150 cm³/mol. The molecule has 0 spiro atoms. The molecule has 1 aromatic carbocycles. The molecule has 2 N–H and O–H groups in total. The van der Waals surface area contributed by atoms with Crippen molar-refractivity contribution in [2.75, 3.05) is 18.9 Å². The van der Waals surface area contributed by atoms with Crippen LogP contribution in [0, 0.1) is 17.8 Å². The Kier molecular flexibility index (Phi) is 9.21. The van der Waals surface area contributed by atoms with Crippen LogP contribution in [0.25, 0.3) is 0 Å². The van der Waals surface area contributed by atoms with Crippen molar-refractivity contribution >= 4 is 15.7 Å². The minimum absolute atomic E-state index is 0.0167. The van der Waals surface area contributed by atoms with E-state index in [1.165, 1.54) is 18.3 Å². The van der Waals surface area contributed by atoms with E-state index in [0.29, 0.717) is 37.1 Å². The van der Waals surface area contributed by atoms with Crippen molar-refractivity contribution in [1.82, 2.24) is 15.2 Å². The van der Waals surface area contributed by atoms with Gasteiger partial charge in [-0.2, -0.15) is 13.2 Å². The molecule has 2 atom stereocenters. The molecular formula is C30H40F3N3O4S. The number of aromatic nitrogens is 1. The zero-order valence-electron chi connectivity index (χ0n) is 24.0. The Hall–Kier alpha value is -2.50. The van der Waals surface area contributed by atoms with Crippen molar-refractivity contribution in [2.24, 2.45) is 17.8 Å². The summed E-state index contributed by atoms with van der Waals surface area (Å²) in [5.74, 6) is -1.24. The monoisotopic (exact) mass is 595 g/mol. The third-order valence-electron chi connectivity index (χ3n) is 8.68. The molecule has 1 aliphatic heterocycles. The number of benzene rings is 1. The molecule has 1 amide bonds. The Bertz CT molecular complexity index is 1340. The fraction of sp³-hybridized carbons (Fsp3) is 0.600. The van der Waals surface area contributed by atoms with Crippen LogP contribution in [-0.4, -0.2) is 54.4 Å². The van der Waals surface area contributed by atoms with Gasteiger partial charge in [0.25, 0.3) is 5.91 Å². The number of fused-ring (bicyclic) bond motifs is 1. The lowest BCUT2D eigenvalue weighted by molar-refractivity contribution is -0.184. The number of hydrogen-bond donors (Lipinski definition) is 2. The third-order valence-corrected chi connectivity index (χ3v) is 10.4. The fourth-order valence-electron chi connectivity index (χ4n) is 6.17. The van der Waals surface area contributed by atoms with Crippen molar-refractivity contribution in [3.8, 4) is 0 Å². The smallest absolute Gasteiger partial charge is 0.391 e. The SMILES string of the molecule is CCS(=O)(=O)c1ccc(C(C)(CO)NC(=O)c2cnc3c(c2)CN(CC2CCC(C(F)(F)F)CC2)[C@@H]3C(C)C)cc1. The molecule has 7 nitrogen and oxygen atoms in total. The lowest BCUT2D eigenvalue weighted by Gasteiger charge is -2.35. The van der Waals surface area contributed by atoms with E-state index < -0.39 is 40.0 Å². The zero-order valence-corrected chi connectivity index (χ0v) is 24.9. The average molecular weight is 596 g/mol. The van der Waals surface area contributed by atoms with E-state index in [1.54, 1.807) is 26.0 Å². The molecule has 0 bridgehead atoms. The first-order valence-electron chi connectivity index (χ1n) is 14.2. The first kappa shape index (κ1) is 31.4. The van der Waals surface area contributed by atoms with Crippen LogP contribution in [0.5, 0.6) is 0 Å². The highest BCUT2D eigenvalue weighted by Gasteiger charge is 2.43. The molecule has 1 aliphatic carbocycles. The van der Waals surface area contributed by atoms with Crippen molar-refractivity contribution in [1.29, 1.82) is 0 Å². The number of carbonyl (C=O) groups is 1. The Labute approximate surface area is 240 Å². The number of nitrogens with zero attached hydrogens (tertiary/aromatic N) is 2. The number of carbonyl (C=O) groups excluding carboxylic acids is 1. The van der Waals surface area contributed by atoms with E-state index in [4.69, 9.17) is 0 Å². The summed E-state index contributed by atoms with van der Waals surface area (Å²) < 4.78 is 63.7. The summed E-state index contributed by atoms with van der Waals surface area (Å²) >= 11 is 0. The second kappa shape index (κ2) is 12.0. The maximum absolute atomic E-state index is 13.3. The highest BCUT2D eigenvalue weighted by molar-refractivity contribution is 7.91. The van der Waals surface area contributed by atoms with Gasteiger partial charge in [-0.15, -0.1) is 0 Å². The van der Waals surface area contributed by atoms with Gasteiger partial charge in [-0.25, -0.2) is 8.42 Å². The van der Waals surface area contributed by atoms with Crippen LogP contribution in [0.1, 0.15) is 86.6 Å². The molecule has 41 heavy (non-hydrogen) atoms. The first-order chi connectivity index (χ1) is 19.2. The first-order valence-corrected chi connectivity index (χ1v) is 15.9. The molecule has 0 saturated heterocycles. The number of amides is 1. The average Bonchev–Trinajstić information content (AvgIpc) is 3.30. The Morgan fingerprint density at radius 3 is 2.32 bits per heavy atom. The molecule has 0 radical (unpaired) electrons. The van der Waals surface area contributed by atoms with E-state index in [2.05, 4.69) is 29.0 Å². The number of halogens is 3. The van der Waals surface area contributed by atoms with E-state index >= 15 is 0 Å². The zero-order chi connectivity index (χ0) is 30.2. The number of rotatable bonds is 9. The highest BCUT2D eigenvalue weighted by Crippen LogP contribution is 2.43. The summed E-state index contributed by atoms with van der Waals surface area (Å²) in [7, 11) is -3.38. The molecule has 1 fully saturated rings. The van der Waals surface area contributed by atoms with Crippen molar-refractivity contribution in [3.63, 3.8) is 0 Å². The van der Waals surface area contributed by atoms with Gasteiger partial charge in [-0.3, -0.25) is 14.7 Å². The van der Waals surface area contributed by atoms with Crippen LogP contribution >= 0.6 is 0 Å². The van der Waals surface area contributed by atoms with Gasteiger partial charge in [0, 0.05) is 19.3 Å². The van der Waals surface area contributed by atoms with Crippen LogP contribution in [0.4, 0.5) is 13.2 Å². The topological polar surface area (TPSA) is 99.6 Å². The molecular weight excluding hydrogens is 555 g/mol. The second-order valence-corrected chi connectivity index (χ2v) is 14.3.